The Morgan fingerprint density at radius 2 is 1.97 bits per heavy atom. The number of fused-ring (bicyclic) bond motifs is 1. The first kappa shape index (κ1) is 22.0. The molecule has 1 fully saturated rings. The number of hydrogen-bond donors (Lipinski definition) is 2. The maximum absolute atomic E-state index is 13.0. The van der Waals surface area contributed by atoms with E-state index < -0.39 is 0 Å². The fourth-order valence-electron chi connectivity index (χ4n) is 4.28. The van der Waals surface area contributed by atoms with Crippen LogP contribution in [0.25, 0.3) is 10.9 Å². The van der Waals surface area contributed by atoms with E-state index in [-0.39, 0.29) is 5.97 Å². The van der Waals surface area contributed by atoms with E-state index in [1.54, 1.807) is 13.2 Å². The predicted molar refractivity (Wildman–Crippen MR) is 125 cm³/mol. The smallest absolute Gasteiger partial charge is 0.342 e. The first-order valence-electron chi connectivity index (χ1n) is 11.1. The Kier molecular flexibility index (Phi) is 7.17. The van der Waals surface area contributed by atoms with Crippen LogP contribution in [0.2, 0.25) is 0 Å². The summed E-state index contributed by atoms with van der Waals surface area (Å²) in [5, 5.41) is 7.55. The van der Waals surface area contributed by atoms with Crippen LogP contribution in [0.4, 0.5) is 5.82 Å². The molecule has 2 N–H and O–H groups in total. The highest BCUT2D eigenvalue weighted by molar-refractivity contribution is 6.03. The van der Waals surface area contributed by atoms with E-state index in [1.165, 1.54) is 6.33 Å². The summed E-state index contributed by atoms with van der Waals surface area (Å²) in [6, 6.07) is 11.9. The molecule has 32 heavy (non-hydrogen) atoms. The standard InChI is InChI=1S/C25H30N4O3/c1-17-22-20(28-16-29-24(22)27-15-19-6-4-3-5-7-19)14-21(31-2)23(17)25(30)32-13-10-18-8-11-26-12-9-18/h3-7,14,16,18,26H,8-13,15H2,1-2H3,(H,27,28,29). The highest BCUT2D eigenvalue weighted by Gasteiger charge is 2.23. The second-order valence-electron chi connectivity index (χ2n) is 8.15. The van der Waals surface area contributed by atoms with Crippen LogP contribution >= 0.6 is 0 Å². The van der Waals surface area contributed by atoms with Crippen molar-refractivity contribution >= 4 is 22.7 Å². The Balaban J connectivity index is 1.56. The van der Waals surface area contributed by atoms with Gasteiger partial charge in [-0.15, -0.1) is 0 Å². The summed E-state index contributed by atoms with van der Waals surface area (Å²) in [4.78, 5) is 21.9. The minimum Gasteiger partial charge on any atom is -0.496 e. The lowest BCUT2D eigenvalue weighted by Crippen LogP contribution is -2.28. The average Bonchev–Trinajstić information content (AvgIpc) is 2.83. The largest absolute Gasteiger partial charge is 0.496 e. The van der Waals surface area contributed by atoms with Crippen molar-refractivity contribution in [3.63, 3.8) is 0 Å². The zero-order valence-electron chi connectivity index (χ0n) is 18.7. The number of hydrogen-bond acceptors (Lipinski definition) is 7. The van der Waals surface area contributed by atoms with Crippen molar-refractivity contribution in [1.82, 2.24) is 15.3 Å². The molecule has 2 heterocycles. The highest BCUT2D eigenvalue weighted by atomic mass is 16.5. The van der Waals surface area contributed by atoms with Gasteiger partial charge in [0, 0.05) is 18.0 Å². The fourth-order valence-corrected chi connectivity index (χ4v) is 4.28. The molecule has 4 rings (SSSR count). The van der Waals surface area contributed by atoms with Crippen molar-refractivity contribution in [2.24, 2.45) is 5.92 Å². The Labute approximate surface area is 188 Å². The van der Waals surface area contributed by atoms with Crippen LogP contribution in [0.3, 0.4) is 0 Å². The fraction of sp³-hybridized carbons (Fsp3) is 0.400. The molecule has 0 spiro atoms. The summed E-state index contributed by atoms with van der Waals surface area (Å²) in [6.07, 6.45) is 4.66. The third kappa shape index (κ3) is 4.99. The van der Waals surface area contributed by atoms with E-state index >= 15 is 0 Å². The van der Waals surface area contributed by atoms with Crippen LogP contribution in [-0.4, -0.2) is 42.7 Å². The molecule has 0 radical (unpaired) electrons. The molecule has 0 aliphatic carbocycles. The van der Waals surface area contributed by atoms with Gasteiger partial charge >= 0.3 is 5.97 Å². The van der Waals surface area contributed by atoms with Crippen molar-refractivity contribution < 1.29 is 14.3 Å². The molecule has 1 aliphatic heterocycles. The lowest BCUT2D eigenvalue weighted by atomic mass is 9.95. The van der Waals surface area contributed by atoms with E-state index in [0.717, 1.165) is 54.4 Å². The lowest BCUT2D eigenvalue weighted by molar-refractivity contribution is 0.0472. The van der Waals surface area contributed by atoms with Gasteiger partial charge in [0.15, 0.2) is 0 Å². The molecule has 7 nitrogen and oxygen atoms in total. The monoisotopic (exact) mass is 434 g/mol. The minimum atomic E-state index is -0.368. The van der Waals surface area contributed by atoms with Crippen LogP contribution in [0.5, 0.6) is 5.75 Å². The molecule has 1 aromatic heterocycles. The van der Waals surface area contributed by atoms with Crippen molar-refractivity contribution in [3.05, 3.63) is 59.4 Å². The van der Waals surface area contributed by atoms with Crippen LogP contribution in [0, 0.1) is 12.8 Å². The summed E-state index contributed by atoms with van der Waals surface area (Å²) < 4.78 is 11.2. The molecule has 7 heteroatoms. The number of anilines is 1. The van der Waals surface area contributed by atoms with Gasteiger partial charge in [0.05, 0.1) is 19.2 Å². The van der Waals surface area contributed by atoms with Gasteiger partial charge in [0.2, 0.25) is 0 Å². The Hall–Kier alpha value is -3.19. The Morgan fingerprint density at radius 1 is 1.19 bits per heavy atom. The number of carbonyl (C=O) groups excluding carboxylic acids is 1. The summed E-state index contributed by atoms with van der Waals surface area (Å²) in [5.74, 6) is 1.39. The van der Waals surface area contributed by atoms with Gasteiger partial charge in [-0.1, -0.05) is 30.3 Å². The maximum atomic E-state index is 13.0. The number of rotatable bonds is 8. The number of nitrogens with one attached hydrogen (secondary N) is 2. The molecular formula is C25H30N4O3. The highest BCUT2D eigenvalue weighted by Crippen LogP contribution is 2.33. The third-order valence-corrected chi connectivity index (χ3v) is 6.09. The zero-order valence-corrected chi connectivity index (χ0v) is 18.7. The van der Waals surface area contributed by atoms with Crippen LogP contribution in [0.15, 0.2) is 42.7 Å². The van der Waals surface area contributed by atoms with Crippen molar-refractivity contribution in [2.45, 2.75) is 32.7 Å². The molecule has 0 saturated carbocycles. The Bertz CT molecular complexity index is 1070. The number of nitrogens with zero attached hydrogens (tertiary/aromatic N) is 2. The van der Waals surface area contributed by atoms with Crippen LogP contribution in [-0.2, 0) is 11.3 Å². The van der Waals surface area contributed by atoms with Gasteiger partial charge in [-0.2, -0.15) is 0 Å². The third-order valence-electron chi connectivity index (χ3n) is 6.09. The molecule has 1 saturated heterocycles. The number of benzene rings is 2. The summed E-state index contributed by atoms with van der Waals surface area (Å²) in [5.41, 5.74) is 3.05. The van der Waals surface area contributed by atoms with Gasteiger partial charge in [-0.25, -0.2) is 14.8 Å². The number of piperidine rings is 1. The van der Waals surface area contributed by atoms with E-state index in [4.69, 9.17) is 9.47 Å². The van der Waals surface area contributed by atoms with Crippen molar-refractivity contribution in [3.8, 4) is 5.75 Å². The molecule has 2 aromatic carbocycles. The number of methoxy groups -OCH3 is 1. The van der Waals surface area contributed by atoms with Gasteiger partial charge in [-0.05, 0) is 56.3 Å². The summed E-state index contributed by atoms with van der Waals surface area (Å²) in [6.45, 7) is 5.00. The lowest BCUT2D eigenvalue weighted by Gasteiger charge is -2.22. The van der Waals surface area contributed by atoms with Crippen molar-refractivity contribution in [2.75, 3.05) is 32.1 Å². The van der Waals surface area contributed by atoms with Crippen LogP contribution < -0.4 is 15.4 Å². The second kappa shape index (κ2) is 10.4. The quantitative estimate of drug-likeness (QED) is 0.516. The predicted octanol–water partition coefficient (Wildman–Crippen LogP) is 4.11. The average molecular weight is 435 g/mol. The normalized spacial score (nSPS) is 14.3. The molecule has 168 valence electrons. The number of esters is 1. The topological polar surface area (TPSA) is 85.4 Å². The zero-order chi connectivity index (χ0) is 22.3. The number of aromatic nitrogens is 2. The Morgan fingerprint density at radius 3 is 2.72 bits per heavy atom. The maximum Gasteiger partial charge on any atom is 0.342 e. The molecule has 0 atom stereocenters. The molecule has 0 amide bonds. The molecule has 1 aliphatic rings. The summed E-state index contributed by atoms with van der Waals surface area (Å²) >= 11 is 0. The van der Waals surface area contributed by atoms with E-state index in [2.05, 4.69) is 32.7 Å². The van der Waals surface area contributed by atoms with E-state index in [9.17, 15) is 4.79 Å². The number of ether oxygens (including phenoxy) is 2. The molecule has 0 bridgehead atoms. The molecule has 0 unspecified atom stereocenters. The minimum absolute atomic E-state index is 0.368. The second-order valence-corrected chi connectivity index (χ2v) is 8.15. The molecular weight excluding hydrogens is 404 g/mol. The van der Waals surface area contributed by atoms with Gasteiger partial charge in [0.25, 0.3) is 0 Å². The van der Waals surface area contributed by atoms with Crippen LogP contribution in [0.1, 0.15) is 40.7 Å². The van der Waals surface area contributed by atoms with E-state index in [0.29, 0.717) is 36.2 Å². The number of aryl methyl sites for hydroxylation is 1. The summed E-state index contributed by atoms with van der Waals surface area (Å²) in [7, 11) is 1.56. The number of carbonyl (C=O) groups is 1. The van der Waals surface area contributed by atoms with E-state index in [1.807, 2.05) is 25.1 Å². The van der Waals surface area contributed by atoms with Gasteiger partial charge in [0.1, 0.15) is 23.5 Å². The van der Waals surface area contributed by atoms with Crippen molar-refractivity contribution in [1.29, 1.82) is 0 Å². The SMILES string of the molecule is COc1cc2ncnc(NCc3ccccc3)c2c(C)c1C(=O)OCCC1CCNCC1. The van der Waals surface area contributed by atoms with Gasteiger partial charge in [-0.3, -0.25) is 0 Å². The first-order chi connectivity index (χ1) is 15.7. The first-order valence-corrected chi connectivity index (χ1v) is 11.1. The molecule has 3 aromatic rings. The van der Waals surface area contributed by atoms with Gasteiger partial charge < -0.3 is 20.1 Å².